The van der Waals surface area contributed by atoms with Crippen molar-refractivity contribution in [1.82, 2.24) is 0 Å². The van der Waals surface area contributed by atoms with Gasteiger partial charge < -0.3 is 0 Å². The molecule has 0 bridgehead atoms. The van der Waals surface area contributed by atoms with E-state index in [1.54, 1.807) is 0 Å². The van der Waals surface area contributed by atoms with E-state index in [0.717, 1.165) is 10.4 Å². The molecule has 0 heterocycles. The largest absolute Gasteiger partial charge is 0.0978 e. The SMILES string of the molecule is Brc1ccc(/C(=C/Sc2ccccc2)C2CC2)cc1. The van der Waals surface area contributed by atoms with Gasteiger partial charge in [0.05, 0.1) is 0 Å². The normalized spacial score (nSPS) is 15.5. The predicted molar refractivity (Wildman–Crippen MR) is 87.1 cm³/mol. The molecular formula is C17H15BrS. The third-order valence-electron chi connectivity index (χ3n) is 3.26. The second-order valence-electron chi connectivity index (χ2n) is 4.79. The Labute approximate surface area is 127 Å². The first kappa shape index (κ1) is 13.0. The van der Waals surface area contributed by atoms with E-state index in [2.05, 4.69) is 75.9 Å². The summed E-state index contributed by atoms with van der Waals surface area (Å²) < 4.78 is 1.14. The van der Waals surface area contributed by atoms with Crippen LogP contribution in [-0.4, -0.2) is 0 Å². The smallest absolute Gasteiger partial charge is 0.0175 e. The van der Waals surface area contributed by atoms with Crippen molar-refractivity contribution in [2.45, 2.75) is 17.7 Å². The van der Waals surface area contributed by atoms with Crippen LogP contribution in [0.1, 0.15) is 18.4 Å². The van der Waals surface area contributed by atoms with Gasteiger partial charge in [-0.15, -0.1) is 0 Å². The van der Waals surface area contributed by atoms with Gasteiger partial charge in [-0.25, -0.2) is 0 Å². The van der Waals surface area contributed by atoms with Gasteiger partial charge in [-0.3, -0.25) is 0 Å². The molecule has 0 saturated heterocycles. The second-order valence-corrected chi connectivity index (χ2v) is 6.64. The zero-order valence-corrected chi connectivity index (χ0v) is 13.0. The van der Waals surface area contributed by atoms with Crippen molar-refractivity contribution < 1.29 is 0 Å². The van der Waals surface area contributed by atoms with E-state index in [-0.39, 0.29) is 0 Å². The van der Waals surface area contributed by atoms with Crippen LogP contribution in [0, 0.1) is 5.92 Å². The lowest BCUT2D eigenvalue weighted by Gasteiger charge is -2.07. The first-order chi connectivity index (χ1) is 9.33. The van der Waals surface area contributed by atoms with E-state index in [0.29, 0.717) is 0 Å². The van der Waals surface area contributed by atoms with Gasteiger partial charge in [0.2, 0.25) is 0 Å². The highest BCUT2D eigenvalue weighted by atomic mass is 79.9. The molecule has 0 aromatic heterocycles. The molecule has 0 atom stereocenters. The van der Waals surface area contributed by atoms with Gasteiger partial charge in [-0.2, -0.15) is 0 Å². The monoisotopic (exact) mass is 330 g/mol. The van der Waals surface area contributed by atoms with E-state index >= 15 is 0 Å². The summed E-state index contributed by atoms with van der Waals surface area (Å²) in [6.07, 6.45) is 2.66. The van der Waals surface area contributed by atoms with Crippen LogP contribution < -0.4 is 0 Å². The summed E-state index contributed by atoms with van der Waals surface area (Å²) in [5.41, 5.74) is 2.84. The molecule has 0 nitrogen and oxygen atoms in total. The first-order valence-electron chi connectivity index (χ1n) is 6.50. The molecule has 0 spiro atoms. The van der Waals surface area contributed by atoms with Crippen LogP contribution in [0.3, 0.4) is 0 Å². The van der Waals surface area contributed by atoms with Gasteiger partial charge >= 0.3 is 0 Å². The fraction of sp³-hybridized carbons (Fsp3) is 0.176. The summed E-state index contributed by atoms with van der Waals surface area (Å²) in [5, 5.41) is 2.33. The highest BCUT2D eigenvalue weighted by molar-refractivity contribution is 9.10. The minimum absolute atomic E-state index is 0.761. The van der Waals surface area contributed by atoms with E-state index in [1.807, 2.05) is 11.8 Å². The zero-order chi connectivity index (χ0) is 13.1. The molecule has 1 saturated carbocycles. The van der Waals surface area contributed by atoms with Gasteiger partial charge in [-0.1, -0.05) is 58.0 Å². The second kappa shape index (κ2) is 5.98. The van der Waals surface area contributed by atoms with Crippen LogP contribution in [0.5, 0.6) is 0 Å². The Morgan fingerprint density at radius 1 is 1.00 bits per heavy atom. The molecule has 19 heavy (non-hydrogen) atoms. The number of rotatable bonds is 4. The molecule has 0 aliphatic heterocycles. The van der Waals surface area contributed by atoms with Gasteiger partial charge in [0.25, 0.3) is 0 Å². The molecule has 0 amide bonds. The lowest BCUT2D eigenvalue weighted by atomic mass is 10.0. The number of allylic oxidation sites excluding steroid dienone is 1. The quantitative estimate of drug-likeness (QED) is 0.620. The van der Waals surface area contributed by atoms with Crippen molar-refractivity contribution in [3.8, 4) is 0 Å². The van der Waals surface area contributed by atoms with E-state index in [1.165, 1.54) is 28.9 Å². The van der Waals surface area contributed by atoms with Crippen LogP contribution >= 0.6 is 27.7 Å². The first-order valence-corrected chi connectivity index (χ1v) is 8.18. The van der Waals surface area contributed by atoms with E-state index in [9.17, 15) is 0 Å². The summed E-state index contributed by atoms with van der Waals surface area (Å²) in [6.45, 7) is 0. The molecule has 1 aliphatic rings. The van der Waals surface area contributed by atoms with Gasteiger partial charge in [-0.05, 0) is 59.6 Å². The summed E-state index contributed by atoms with van der Waals surface area (Å²) in [5.74, 6) is 0.761. The predicted octanol–water partition coefficient (Wildman–Crippen LogP) is 5.99. The van der Waals surface area contributed by atoms with Crippen LogP contribution in [0.15, 0.2) is 69.4 Å². The molecule has 0 N–H and O–H groups in total. The summed E-state index contributed by atoms with van der Waals surface area (Å²) in [7, 11) is 0. The molecule has 96 valence electrons. The van der Waals surface area contributed by atoms with Gasteiger partial charge in [0.15, 0.2) is 0 Å². The Bertz CT molecular complexity index is 568. The maximum atomic E-state index is 3.50. The molecule has 3 rings (SSSR count). The number of benzene rings is 2. The fourth-order valence-corrected chi connectivity index (χ4v) is 3.24. The Kier molecular flexibility index (Phi) is 4.09. The number of hydrogen-bond acceptors (Lipinski definition) is 1. The zero-order valence-electron chi connectivity index (χ0n) is 10.6. The highest BCUT2D eigenvalue weighted by Gasteiger charge is 2.26. The number of thioether (sulfide) groups is 1. The molecule has 1 aliphatic carbocycles. The summed E-state index contributed by atoms with van der Waals surface area (Å²) in [6, 6.07) is 19.2. The third-order valence-corrected chi connectivity index (χ3v) is 4.70. The topological polar surface area (TPSA) is 0 Å². The van der Waals surface area contributed by atoms with Crippen molar-refractivity contribution in [3.05, 3.63) is 70.0 Å². The summed E-state index contributed by atoms with van der Waals surface area (Å²) in [4.78, 5) is 1.30. The minimum Gasteiger partial charge on any atom is -0.0978 e. The van der Waals surface area contributed by atoms with E-state index < -0.39 is 0 Å². The molecule has 2 aromatic carbocycles. The fourth-order valence-electron chi connectivity index (χ4n) is 2.07. The van der Waals surface area contributed by atoms with Crippen LogP contribution in [-0.2, 0) is 0 Å². The average molecular weight is 331 g/mol. The maximum Gasteiger partial charge on any atom is 0.0175 e. The van der Waals surface area contributed by atoms with Crippen molar-refractivity contribution in [3.63, 3.8) is 0 Å². The van der Waals surface area contributed by atoms with Crippen molar-refractivity contribution >= 4 is 33.3 Å². The van der Waals surface area contributed by atoms with E-state index in [4.69, 9.17) is 0 Å². The lowest BCUT2D eigenvalue weighted by molar-refractivity contribution is 1.15. The molecule has 0 radical (unpaired) electrons. The standard InChI is InChI=1S/C17H15BrS/c18-15-10-8-14(9-11-15)17(13-6-7-13)12-19-16-4-2-1-3-5-16/h1-5,8-13H,6-7H2/b17-12+. The third kappa shape index (κ3) is 3.52. The van der Waals surface area contributed by atoms with Gasteiger partial charge in [0, 0.05) is 9.37 Å². The Morgan fingerprint density at radius 2 is 1.68 bits per heavy atom. The van der Waals surface area contributed by atoms with Crippen LogP contribution in [0.4, 0.5) is 0 Å². The van der Waals surface area contributed by atoms with Crippen molar-refractivity contribution in [1.29, 1.82) is 0 Å². The Morgan fingerprint density at radius 3 is 2.32 bits per heavy atom. The van der Waals surface area contributed by atoms with Crippen molar-refractivity contribution in [2.75, 3.05) is 0 Å². The number of hydrogen-bond donors (Lipinski definition) is 0. The average Bonchev–Trinajstić information content (AvgIpc) is 3.27. The molecule has 2 heteroatoms. The Balaban J connectivity index is 1.83. The highest BCUT2D eigenvalue weighted by Crippen LogP contribution is 2.43. The number of halogens is 1. The maximum absolute atomic E-state index is 3.50. The van der Waals surface area contributed by atoms with Crippen LogP contribution in [0.25, 0.3) is 5.57 Å². The Hall–Kier alpha value is -0.990. The minimum atomic E-state index is 0.761. The van der Waals surface area contributed by atoms with Crippen LogP contribution in [0.2, 0.25) is 0 Å². The summed E-state index contributed by atoms with van der Waals surface area (Å²) >= 11 is 5.32. The molecule has 1 fully saturated rings. The van der Waals surface area contributed by atoms with Crippen molar-refractivity contribution in [2.24, 2.45) is 5.92 Å². The van der Waals surface area contributed by atoms with Gasteiger partial charge in [0.1, 0.15) is 0 Å². The lowest BCUT2D eigenvalue weighted by Crippen LogP contribution is -1.85. The molecule has 0 unspecified atom stereocenters. The molecule has 2 aromatic rings. The molecular weight excluding hydrogens is 316 g/mol.